The Labute approximate surface area is 134 Å². The van der Waals surface area contributed by atoms with E-state index in [9.17, 15) is 0 Å². The van der Waals surface area contributed by atoms with E-state index in [2.05, 4.69) is 60.0 Å². The fraction of sp³-hybridized carbons (Fsp3) is 0.333. The molecule has 0 N–H and O–H groups in total. The van der Waals surface area contributed by atoms with Gasteiger partial charge in [0.15, 0.2) is 0 Å². The molecule has 0 saturated carbocycles. The van der Waals surface area contributed by atoms with Crippen LogP contribution in [0.2, 0.25) is 0 Å². The van der Waals surface area contributed by atoms with Gasteiger partial charge in [-0.3, -0.25) is 4.90 Å². The first-order chi connectivity index (χ1) is 10.8. The quantitative estimate of drug-likeness (QED) is 0.755. The summed E-state index contributed by atoms with van der Waals surface area (Å²) >= 11 is 0. The summed E-state index contributed by atoms with van der Waals surface area (Å²) in [4.78, 5) is 2.59. The van der Waals surface area contributed by atoms with Gasteiger partial charge in [0.2, 0.25) is 0 Å². The summed E-state index contributed by atoms with van der Waals surface area (Å²) in [5.41, 5.74) is 4.95. The highest BCUT2D eigenvalue weighted by atomic mass is 15.1. The van der Waals surface area contributed by atoms with E-state index in [1.54, 1.807) is 0 Å². The first-order valence-corrected chi connectivity index (χ1v) is 8.39. The average Bonchev–Trinajstić information content (AvgIpc) is 2.84. The molecule has 0 unspecified atom stereocenters. The molecule has 2 aromatic rings. The van der Waals surface area contributed by atoms with Gasteiger partial charge in [-0.2, -0.15) is 0 Å². The fourth-order valence-corrected chi connectivity index (χ4v) is 3.22. The van der Waals surface area contributed by atoms with Crippen molar-refractivity contribution in [2.45, 2.75) is 32.2 Å². The van der Waals surface area contributed by atoms with Crippen LogP contribution < -0.4 is 0 Å². The van der Waals surface area contributed by atoms with Crippen molar-refractivity contribution in [1.82, 2.24) is 4.90 Å². The standard InChI is InChI=1S/C21H25N/c1-18(20-11-5-4-6-12-20)21-13-9-10-19(16-21)17-22-14-7-2-3-8-15-22/h4-6,9-13,16H,1-3,7-8,14-15,17H2. The van der Waals surface area contributed by atoms with Crippen LogP contribution in [0.4, 0.5) is 0 Å². The first kappa shape index (κ1) is 15.1. The van der Waals surface area contributed by atoms with Crippen molar-refractivity contribution in [1.29, 1.82) is 0 Å². The second kappa shape index (κ2) is 7.42. The highest BCUT2D eigenvalue weighted by Gasteiger charge is 2.10. The second-order valence-corrected chi connectivity index (χ2v) is 6.24. The summed E-state index contributed by atoms with van der Waals surface area (Å²) in [5, 5.41) is 0. The molecule has 1 nitrogen and oxygen atoms in total. The van der Waals surface area contributed by atoms with Gasteiger partial charge in [-0.05, 0) is 54.3 Å². The summed E-state index contributed by atoms with van der Waals surface area (Å²) in [6.07, 6.45) is 5.47. The lowest BCUT2D eigenvalue weighted by Gasteiger charge is -2.20. The number of likely N-dealkylation sites (tertiary alicyclic amines) is 1. The highest BCUT2D eigenvalue weighted by molar-refractivity contribution is 5.78. The molecule has 0 radical (unpaired) electrons. The summed E-state index contributed by atoms with van der Waals surface area (Å²) in [6.45, 7) is 7.83. The Kier molecular flexibility index (Phi) is 5.07. The molecular formula is C21H25N. The molecule has 0 aromatic heterocycles. The second-order valence-electron chi connectivity index (χ2n) is 6.24. The van der Waals surface area contributed by atoms with E-state index in [4.69, 9.17) is 0 Å². The van der Waals surface area contributed by atoms with Gasteiger partial charge in [-0.15, -0.1) is 0 Å². The van der Waals surface area contributed by atoms with Crippen LogP contribution >= 0.6 is 0 Å². The lowest BCUT2D eigenvalue weighted by molar-refractivity contribution is 0.277. The van der Waals surface area contributed by atoms with Crippen molar-refractivity contribution in [3.63, 3.8) is 0 Å². The van der Waals surface area contributed by atoms with Crippen LogP contribution in [0.25, 0.3) is 5.57 Å². The number of nitrogens with zero attached hydrogens (tertiary/aromatic N) is 1. The van der Waals surface area contributed by atoms with Crippen LogP contribution in [0, 0.1) is 0 Å². The Bertz CT molecular complexity index is 607. The molecule has 1 saturated heterocycles. The molecular weight excluding hydrogens is 266 g/mol. The van der Waals surface area contributed by atoms with Crippen LogP contribution in [0.5, 0.6) is 0 Å². The van der Waals surface area contributed by atoms with Crippen molar-refractivity contribution in [3.05, 3.63) is 77.9 Å². The third-order valence-corrected chi connectivity index (χ3v) is 4.50. The van der Waals surface area contributed by atoms with E-state index in [0.717, 1.165) is 12.1 Å². The van der Waals surface area contributed by atoms with Crippen molar-refractivity contribution in [2.75, 3.05) is 13.1 Å². The van der Waals surface area contributed by atoms with Crippen LogP contribution in [-0.2, 0) is 6.54 Å². The van der Waals surface area contributed by atoms with Gasteiger partial charge >= 0.3 is 0 Å². The first-order valence-electron chi connectivity index (χ1n) is 8.39. The third-order valence-electron chi connectivity index (χ3n) is 4.50. The van der Waals surface area contributed by atoms with E-state index in [-0.39, 0.29) is 0 Å². The number of hydrogen-bond acceptors (Lipinski definition) is 1. The van der Waals surface area contributed by atoms with Crippen molar-refractivity contribution in [2.24, 2.45) is 0 Å². The molecule has 22 heavy (non-hydrogen) atoms. The molecule has 1 heterocycles. The molecule has 0 atom stereocenters. The molecule has 0 aliphatic carbocycles. The molecule has 3 rings (SSSR count). The Morgan fingerprint density at radius 2 is 1.50 bits per heavy atom. The normalized spacial score (nSPS) is 16.2. The van der Waals surface area contributed by atoms with Gasteiger partial charge in [0.25, 0.3) is 0 Å². The molecule has 1 aliphatic rings. The van der Waals surface area contributed by atoms with Crippen molar-refractivity contribution < 1.29 is 0 Å². The van der Waals surface area contributed by atoms with E-state index < -0.39 is 0 Å². The minimum absolute atomic E-state index is 1.07. The van der Waals surface area contributed by atoms with Gasteiger partial charge < -0.3 is 0 Å². The summed E-state index contributed by atoms with van der Waals surface area (Å²) in [6, 6.07) is 19.3. The molecule has 0 amide bonds. The maximum atomic E-state index is 4.28. The molecule has 1 fully saturated rings. The minimum atomic E-state index is 1.07. The molecule has 114 valence electrons. The zero-order valence-electron chi connectivity index (χ0n) is 13.3. The Balaban J connectivity index is 1.73. The zero-order chi connectivity index (χ0) is 15.2. The molecule has 0 bridgehead atoms. The van der Waals surface area contributed by atoms with Crippen LogP contribution in [0.15, 0.2) is 61.2 Å². The van der Waals surface area contributed by atoms with Crippen LogP contribution in [0.3, 0.4) is 0 Å². The lowest BCUT2D eigenvalue weighted by atomic mass is 9.98. The Hall–Kier alpha value is -1.86. The number of benzene rings is 2. The fourth-order valence-electron chi connectivity index (χ4n) is 3.22. The molecule has 0 spiro atoms. The molecule has 1 heteroatoms. The minimum Gasteiger partial charge on any atom is -0.299 e. The van der Waals surface area contributed by atoms with Crippen LogP contribution in [0.1, 0.15) is 42.4 Å². The SMILES string of the molecule is C=C(c1ccccc1)c1cccc(CN2CCCCCC2)c1. The highest BCUT2D eigenvalue weighted by Crippen LogP contribution is 2.23. The van der Waals surface area contributed by atoms with Gasteiger partial charge in [-0.25, -0.2) is 0 Å². The van der Waals surface area contributed by atoms with Gasteiger partial charge in [0.1, 0.15) is 0 Å². The Morgan fingerprint density at radius 3 is 2.23 bits per heavy atom. The van der Waals surface area contributed by atoms with E-state index in [0.29, 0.717) is 0 Å². The average molecular weight is 291 g/mol. The predicted octanol–water partition coefficient (Wildman–Crippen LogP) is 5.12. The van der Waals surface area contributed by atoms with Gasteiger partial charge in [0, 0.05) is 6.54 Å². The summed E-state index contributed by atoms with van der Waals surface area (Å²) in [5.74, 6) is 0. The van der Waals surface area contributed by atoms with Crippen molar-refractivity contribution in [3.8, 4) is 0 Å². The monoisotopic (exact) mass is 291 g/mol. The number of hydrogen-bond donors (Lipinski definition) is 0. The lowest BCUT2D eigenvalue weighted by Crippen LogP contribution is -2.23. The maximum Gasteiger partial charge on any atom is 0.0233 e. The van der Waals surface area contributed by atoms with E-state index >= 15 is 0 Å². The summed E-state index contributed by atoms with van der Waals surface area (Å²) < 4.78 is 0. The van der Waals surface area contributed by atoms with E-state index in [1.165, 1.54) is 55.5 Å². The predicted molar refractivity (Wildman–Crippen MR) is 94.8 cm³/mol. The van der Waals surface area contributed by atoms with Gasteiger partial charge in [0.05, 0.1) is 0 Å². The largest absolute Gasteiger partial charge is 0.299 e. The zero-order valence-corrected chi connectivity index (χ0v) is 13.3. The topological polar surface area (TPSA) is 3.24 Å². The number of rotatable bonds is 4. The van der Waals surface area contributed by atoms with Crippen LogP contribution in [-0.4, -0.2) is 18.0 Å². The molecule has 1 aliphatic heterocycles. The van der Waals surface area contributed by atoms with Crippen molar-refractivity contribution >= 4 is 5.57 Å². The Morgan fingerprint density at radius 1 is 0.818 bits per heavy atom. The van der Waals surface area contributed by atoms with E-state index in [1.807, 2.05) is 6.07 Å². The molecule has 2 aromatic carbocycles. The summed E-state index contributed by atoms with van der Waals surface area (Å²) in [7, 11) is 0. The maximum absolute atomic E-state index is 4.28. The third kappa shape index (κ3) is 3.86. The smallest absolute Gasteiger partial charge is 0.0233 e. The van der Waals surface area contributed by atoms with Gasteiger partial charge in [-0.1, -0.05) is 68.0 Å².